The van der Waals surface area contributed by atoms with E-state index in [-0.39, 0.29) is 6.04 Å². The first-order valence-corrected chi connectivity index (χ1v) is 3.89. The Morgan fingerprint density at radius 1 is 1.75 bits per heavy atom. The van der Waals surface area contributed by atoms with Gasteiger partial charge in [0.1, 0.15) is 0 Å². The molecule has 0 spiro atoms. The number of terminal acetylenes is 1. The van der Waals surface area contributed by atoms with Crippen molar-refractivity contribution >= 4 is 0 Å². The lowest BCUT2D eigenvalue weighted by Crippen LogP contribution is -2.10. The predicted molar refractivity (Wildman–Crippen MR) is 46.0 cm³/mol. The van der Waals surface area contributed by atoms with Gasteiger partial charge in [0, 0.05) is 6.42 Å². The lowest BCUT2D eigenvalue weighted by Gasteiger charge is -2.04. The summed E-state index contributed by atoms with van der Waals surface area (Å²) in [5.41, 5.74) is 6.59. The van der Waals surface area contributed by atoms with Crippen LogP contribution < -0.4 is 5.73 Å². The summed E-state index contributed by atoms with van der Waals surface area (Å²) < 4.78 is 0. The van der Waals surface area contributed by atoms with Crippen molar-refractivity contribution in [2.75, 3.05) is 0 Å². The highest BCUT2D eigenvalue weighted by atomic mass is 15.3. The van der Waals surface area contributed by atoms with Crippen LogP contribution in [0.3, 0.4) is 0 Å². The van der Waals surface area contributed by atoms with Crippen molar-refractivity contribution in [3.05, 3.63) is 11.9 Å². The fourth-order valence-corrected chi connectivity index (χ4v) is 0.961. The first kappa shape index (κ1) is 8.75. The molecule has 64 valence electrons. The van der Waals surface area contributed by atoms with Crippen LogP contribution >= 0.6 is 0 Å². The van der Waals surface area contributed by atoms with Crippen LogP contribution in [-0.2, 0) is 0 Å². The lowest BCUT2D eigenvalue weighted by molar-refractivity contribution is 0.604. The number of nitrogens with one attached hydrogen (secondary N) is 1. The average molecular weight is 164 g/mol. The van der Waals surface area contributed by atoms with Gasteiger partial charge in [-0.2, -0.15) is 15.4 Å². The van der Waals surface area contributed by atoms with Gasteiger partial charge in [-0.15, -0.1) is 12.3 Å². The molecule has 1 aromatic heterocycles. The summed E-state index contributed by atoms with van der Waals surface area (Å²) in [5, 5.41) is 10.1. The van der Waals surface area contributed by atoms with Crippen molar-refractivity contribution < 1.29 is 0 Å². The first-order valence-electron chi connectivity index (χ1n) is 3.89. The highest BCUT2D eigenvalue weighted by molar-refractivity contribution is 4.98. The van der Waals surface area contributed by atoms with Crippen LogP contribution in [0.15, 0.2) is 6.20 Å². The molecule has 12 heavy (non-hydrogen) atoms. The van der Waals surface area contributed by atoms with Crippen LogP contribution in [0.1, 0.15) is 31.0 Å². The quantitative estimate of drug-likeness (QED) is 0.506. The second kappa shape index (κ2) is 4.52. The molecule has 0 aliphatic heterocycles. The Balaban J connectivity index is 2.30. The summed E-state index contributed by atoms with van der Waals surface area (Å²) in [6.07, 6.45) is 9.31. The van der Waals surface area contributed by atoms with Crippen LogP contribution in [0.2, 0.25) is 0 Å². The number of aromatic amines is 1. The van der Waals surface area contributed by atoms with E-state index in [1.54, 1.807) is 6.20 Å². The molecule has 0 radical (unpaired) electrons. The Bertz CT molecular complexity index is 247. The Hall–Kier alpha value is -1.34. The maximum atomic E-state index is 5.79. The number of nitrogens with zero attached hydrogens (tertiary/aromatic N) is 2. The van der Waals surface area contributed by atoms with Gasteiger partial charge in [-0.25, -0.2) is 0 Å². The van der Waals surface area contributed by atoms with E-state index in [4.69, 9.17) is 12.2 Å². The smallest absolute Gasteiger partial charge is 0.0991 e. The third-order valence-electron chi connectivity index (χ3n) is 1.65. The molecular weight excluding hydrogens is 152 g/mol. The minimum atomic E-state index is -0.0444. The lowest BCUT2D eigenvalue weighted by atomic mass is 10.1. The molecular formula is C8H12N4. The summed E-state index contributed by atoms with van der Waals surface area (Å²) >= 11 is 0. The van der Waals surface area contributed by atoms with Crippen LogP contribution in [0, 0.1) is 12.3 Å². The summed E-state index contributed by atoms with van der Waals surface area (Å²) in [6.45, 7) is 0. The minimum Gasteiger partial charge on any atom is -0.323 e. The SMILES string of the molecule is C#CCCCC(N)c1cn[nH]n1. The van der Waals surface area contributed by atoms with Gasteiger partial charge in [0.05, 0.1) is 17.9 Å². The van der Waals surface area contributed by atoms with Crippen molar-refractivity contribution in [2.45, 2.75) is 25.3 Å². The summed E-state index contributed by atoms with van der Waals surface area (Å²) in [5.74, 6) is 2.57. The Morgan fingerprint density at radius 3 is 3.17 bits per heavy atom. The molecule has 0 bridgehead atoms. The molecule has 4 nitrogen and oxygen atoms in total. The van der Waals surface area contributed by atoms with Gasteiger partial charge < -0.3 is 5.73 Å². The van der Waals surface area contributed by atoms with E-state index >= 15 is 0 Å². The number of H-pyrrole nitrogens is 1. The number of aromatic nitrogens is 3. The Kier molecular flexibility index (Phi) is 3.30. The van der Waals surface area contributed by atoms with Crippen LogP contribution in [0.5, 0.6) is 0 Å². The highest BCUT2D eigenvalue weighted by Gasteiger charge is 2.06. The maximum Gasteiger partial charge on any atom is 0.0991 e. The van der Waals surface area contributed by atoms with Crippen molar-refractivity contribution in [1.29, 1.82) is 0 Å². The monoisotopic (exact) mass is 164 g/mol. The van der Waals surface area contributed by atoms with Gasteiger partial charge in [0.25, 0.3) is 0 Å². The minimum absolute atomic E-state index is 0.0444. The van der Waals surface area contributed by atoms with Crippen molar-refractivity contribution in [2.24, 2.45) is 5.73 Å². The second-order valence-corrected chi connectivity index (χ2v) is 2.60. The zero-order chi connectivity index (χ0) is 8.81. The molecule has 4 heteroatoms. The van der Waals surface area contributed by atoms with E-state index < -0.39 is 0 Å². The highest BCUT2D eigenvalue weighted by Crippen LogP contribution is 2.12. The van der Waals surface area contributed by atoms with Gasteiger partial charge in [0.2, 0.25) is 0 Å². The molecule has 0 fully saturated rings. The Morgan fingerprint density at radius 2 is 2.58 bits per heavy atom. The molecule has 0 amide bonds. The standard InChI is InChI=1S/C8H12N4/c1-2-3-4-5-7(9)8-6-10-12-11-8/h1,6-7H,3-5,9H2,(H,10,11,12). The van der Waals surface area contributed by atoms with Crippen molar-refractivity contribution in [3.63, 3.8) is 0 Å². The van der Waals surface area contributed by atoms with Crippen LogP contribution in [0.4, 0.5) is 0 Å². The van der Waals surface area contributed by atoms with E-state index in [9.17, 15) is 0 Å². The molecule has 1 atom stereocenters. The molecule has 0 saturated carbocycles. The molecule has 0 aliphatic rings. The normalized spacial score (nSPS) is 12.3. The number of unbranched alkanes of at least 4 members (excludes halogenated alkanes) is 1. The third-order valence-corrected chi connectivity index (χ3v) is 1.65. The molecule has 1 rings (SSSR count). The number of hydrogen-bond acceptors (Lipinski definition) is 3. The van der Waals surface area contributed by atoms with E-state index in [1.165, 1.54) is 0 Å². The third kappa shape index (κ3) is 2.36. The summed E-state index contributed by atoms with van der Waals surface area (Å²) in [4.78, 5) is 0. The molecule has 1 aromatic rings. The van der Waals surface area contributed by atoms with Gasteiger partial charge >= 0.3 is 0 Å². The summed E-state index contributed by atoms with van der Waals surface area (Å²) in [6, 6.07) is -0.0444. The van der Waals surface area contributed by atoms with Gasteiger partial charge in [-0.3, -0.25) is 0 Å². The molecule has 3 N–H and O–H groups in total. The van der Waals surface area contributed by atoms with Crippen LogP contribution in [0.25, 0.3) is 0 Å². The van der Waals surface area contributed by atoms with E-state index in [1.807, 2.05) is 0 Å². The van der Waals surface area contributed by atoms with Gasteiger partial charge in [-0.05, 0) is 12.8 Å². The van der Waals surface area contributed by atoms with Crippen molar-refractivity contribution in [3.8, 4) is 12.3 Å². The largest absolute Gasteiger partial charge is 0.323 e. The molecule has 0 aliphatic carbocycles. The topological polar surface area (TPSA) is 67.6 Å². The van der Waals surface area contributed by atoms with Crippen molar-refractivity contribution in [1.82, 2.24) is 15.4 Å². The second-order valence-electron chi connectivity index (χ2n) is 2.60. The molecule has 1 unspecified atom stereocenters. The first-order chi connectivity index (χ1) is 5.84. The number of nitrogens with two attached hydrogens (primary N) is 1. The van der Waals surface area contributed by atoms with Gasteiger partial charge in [-0.1, -0.05) is 0 Å². The summed E-state index contributed by atoms with van der Waals surface area (Å²) in [7, 11) is 0. The zero-order valence-corrected chi connectivity index (χ0v) is 6.83. The van der Waals surface area contributed by atoms with Crippen LogP contribution in [-0.4, -0.2) is 15.4 Å². The van der Waals surface area contributed by atoms with E-state index in [0.717, 1.165) is 25.0 Å². The van der Waals surface area contributed by atoms with Gasteiger partial charge in [0.15, 0.2) is 0 Å². The predicted octanol–water partition coefficient (Wildman–Crippen LogP) is 0.608. The Labute approximate surface area is 71.5 Å². The zero-order valence-electron chi connectivity index (χ0n) is 6.83. The fraction of sp³-hybridized carbons (Fsp3) is 0.500. The van der Waals surface area contributed by atoms with E-state index in [2.05, 4.69) is 21.3 Å². The number of rotatable bonds is 4. The molecule has 1 heterocycles. The number of hydrogen-bond donors (Lipinski definition) is 2. The molecule has 0 aromatic carbocycles. The molecule has 0 saturated heterocycles. The maximum absolute atomic E-state index is 5.79. The average Bonchev–Trinajstić information content (AvgIpc) is 2.56. The van der Waals surface area contributed by atoms with E-state index in [0.29, 0.717) is 0 Å². The fourth-order valence-electron chi connectivity index (χ4n) is 0.961.